The summed E-state index contributed by atoms with van der Waals surface area (Å²) in [6.45, 7) is 4.75. The van der Waals surface area contributed by atoms with Gasteiger partial charge in [-0.1, -0.05) is 49.7 Å². The largest absolute Gasteiger partial charge is 0.357 e. The van der Waals surface area contributed by atoms with Crippen molar-refractivity contribution in [2.75, 3.05) is 13.1 Å². The zero-order chi connectivity index (χ0) is 21.9. The lowest BCUT2D eigenvalue weighted by Crippen LogP contribution is -2.46. The lowest BCUT2D eigenvalue weighted by Gasteiger charge is -2.46. The van der Waals surface area contributed by atoms with Crippen molar-refractivity contribution in [3.63, 3.8) is 0 Å². The van der Waals surface area contributed by atoms with Crippen LogP contribution in [0, 0.1) is 11.8 Å². The fourth-order valence-electron chi connectivity index (χ4n) is 6.73. The standard InChI is InChI=1S/C29H30N4/c1-2-18-17-33-14-12-23-21-8-4-6-10-25(21)32-29(23)27(33)16-19(18)15-26-28-22(11-13-30-26)20-7-3-5-9-24(20)31-28/h3-11,13,18-19,27,31-32H,2,12,14-17H2,1H3. The molecule has 0 bridgehead atoms. The highest BCUT2D eigenvalue weighted by Crippen LogP contribution is 2.44. The van der Waals surface area contributed by atoms with Gasteiger partial charge in [0.05, 0.1) is 17.3 Å². The SMILES string of the molecule is CCC1CN2CCc3c([nH]c4ccccc34)C2CC1Cc1nccc2c1[nH]c1ccccc12. The Morgan fingerprint density at radius 1 is 0.909 bits per heavy atom. The number of H-pyrrole nitrogens is 2. The van der Waals surface area contributed by atoms with Gasteiger partial charge in [-0.15, -0.1) is 0 Å². The molecule has 5 heterocycles. The van der Waals surface area contributed by atoms with Crippen molar-refractivity contribution in [1.82, 2.24) is 19.9 Å². The summed E-state index contributed by atoms with van der Waals surface area (Å²) in [6.07, 6.45) is 6.65. The zero-order valence-electron chi connectivity index (χ0n) is 19.1. The van der Waals surface area contributed by atoms with E-state index in [2.05, 4.69) is 76.4 Å². The molecule has 4 nitrogen and oxygen atoms in total. The number of hydrogen-bond acceptors (Lipinski definition) is 2. The molecule has 1 saturated heterocycles. The summed E-state index contributed by atoms with van der Waals surface area (Å²) >= 11 is 0. The van der Waals surface area contributed by atoms with Crippen LogP contribution >= 0.6 is 0 Å². The number of fused-ring (bicyclic) bond motifs is 8. The Morgan fingerprint density at radius 3 is 2.55 bits per heavy atom. The number of aromatic nitrogens is 3. The molecule has 0 aliphatic carbocycles. The van der Waals surface area contributed by atoms with E-state index >= 15 is 0 Å². The average Bonchev–Trinajstić information content (AvgIpc) is 3.43. The molecule has 166 valence electrons. The number of nitrogens with zero attached hydrogens (tertiary/aromatic N) is 2. The summed E-state index contributed by atoms with van der Waals surface area (Å²) < 4.78 is 0. The van der Waals surface area contributed by atoms with Gasteiger partial charge in [0.2, 0.25) is 0 Å². The van der Waals surface area contributed by atoms with Crippen molar-refractivity contribution in [3.05, 3.63) is 77.7 Å². The highest BCUT2D eigenvalue weighted by Gasteiger charge is 2.39. The van der Waals surface area contributed by atoms with E-state index in [0.717, 1.165) is 12.8 Å². The van der Waals surface area contributed by atoms with Crippen molar-refractivity contribution in [2.45, 2.75) is 38.6 Å². The predicted octanol–water partition coefficient (Wildman–Crippen LogP) is 6.39. The van der Waals surface area contributed by atoms with E-state index in [1.807, 2.05) is 6.20 Å². The van der Waals surface area contributed by atoms with Gasteiger partial charge in [0.25, 0.3) is 0 Å². The molecule has 0 spiro atoms. The highest BCUT2D eigenvalue weighted by molar-refractivity contribution is 6.07. The van der Waals surface area contributed by atoms with Crippen LogP contribution in [0.1, 0.15) is 42.8 Å². The third-order valence-electron chi connectivity index (χ3n) is 8.42. The van der Waals surface area contributed by atoms with Crippen LogP contribution in [-0.4, -0.2) is 32.9 Å². The molecule has 2 aliphatic rings. The minimum atomic E-state index is 0.496. The molecule has 33 heavy (non-hydrogen) atoms. The first kappa shape index (κ1) is 19.4. The van der Waals surface area contributed by atoms with E-state index in [0.29, 0.717) is 17.9 Å². The topological polar surface area (TPSA) is 47.7 Å². The normalized spacial score (nSPS) is 23.2. The molecule has 0 radical (unpaired) electrons. The van der Waals surface area contributed by atoms with Crippen molar-refractivity contribution >= 4 is 32.7 Å². The molecule has 0 saturated carbocycles. The number of hydrogen-bond donors (Lipinski definition) is 2. The van der Waals surface area contributed by atoms with Crippen molar-refractivity contribution in [2.24, 2.45) is 11.8 Å². The number of pyridine rings is 1. The van der Waals surface area contributed by atoms with E-state index in [1.54, 1.807) is 5.56 Å². The second-order valence-electron chi connectivity index (χ2n) is 10.0. The van der Waals surface area contributed by atoms with Crippen molar-refractivity contribution in [1.29, 1.82) is 0 Å². The van der Waals surface area contributed by atoms with Gasteiger partial charge in [0, 0.05) is 52.2 Å². The quantitative estimate of drug-likeness (QED) is 0.346. The Hall–Kier alpha value is -3.11. The van der Waals surface area contributed by atoms with E-state index in [4.69, 9.17) is 4.98 Å². The van der Waals surface area contributed by atoms with Gasteiger partial charge >= 0.3 is 0 Å². The maximum atomic E-state index is 4.90. The molecule has 4 heteroatoms. The second kappa shape index (κ2) is 7.46. The molecule has 2 aromatic carbocycles. The van der Waals surface area contributed by atoms with Crippen LogP contribution in [0.3, 0.4) is 0 Å². The lowest BCUT2D eigenvalue weighted by atomic mass is 9.75. The summed E-state index contributed by atoms with van der Waals surface area (Å²) in [4.78, 5) is 15.1. The maximum Gasteiger partial charge on any atom is 0.0684 e. The molecular formula is C29H30N4. The monoisotopic (exact) mass is 434 g/mol. The second-order valence-corrected chi connectivity index (χ2v) is 10.0. The summed E-state index contributed by atoms with van der Waals surface area (Å²) in [5.74, 6) is 1.35. The molecule has 7 rings (SSSR count). The third-order valence-corrected chi connectivity index (χ3v) is 8.42. The van der Waals surface area contributed by atoms with Gasteiger partial charge in [-0.05, 0) is 54.9 Å². The first-order valence-electron chi connectivity index (χ1n) is 12.5. The third kappa shape index (κ3) is 2.97. The van der Waals surface area contributed by atoms with Crippen LogP contribution in [0.25, 0.3) is 32.7 Å². The number of piperidine rings is 1. The predicted molar refractivity (Wildman–Crippen MR) is 136 cm³/mol. The minimum absolute atomic E-state index is 0.496. The summed E-state index contributed by atoms with van der Waals surface area (Å²) in [7, 11) is 0. The van der Waals surface area contributed by atoms with Gasteiger partial charge in [0.1, 0.15) is 0 Å². The smallest absolute Gasteiger partial charge is 0.0684 e. The first-order valence-corrected chi connectivity index (χ1v) is 12.5. The maximum absolute atomic E-state index is 4.90. The summed E-state index contributed by atoms with van der Waals surface area (Å²) in [6, 6.07) is 20.1. The van der Waals surface area contributed by atoms with Crippen LogP contribution in [0.15, 0.2) is 60.8 Å². The van der Waals surface area contributed by atoms with Crippen LogP contribution in [0.5, 0.6) is 0 Å². The van der Waals surface area contributed by atoms with Crippen molar-refractivity contribution in [3.8, 4) is 0 Å². The van der Waals surface area contributed by atoms with Crippen LogP contribution in [0.4, 0.5) is 0 Å². The van der Waals surface area contributed by atoms with E-state index in [-0.39, 0.29) is 0 Å². The molecule has 3 atom stereocenters. The van der Waals surface area contributed by atoms with Crippen LogP contribution in [-0.2, 0) is 12.8 Å². The van der Waals surface area contributed by atoms with Gasteiger partial charge < -0.3 is 9.97 Å². The van der Waals surface area contributed by atoms with Gasteiger partial charge in [-0.2, -0.15) is 0 Å². The Labute approximate surface area is 194 Å². The molecule has 5 aromatic rings. The minimum Gasteiger partial charge on any atom is -0.357 e. The van der Waals surface area contributed by atoms with E-state index in [1.165, 1.54) is 70.0 Å². The Morgan fingerprint density at radius 2 is 1.70 bits per heavy atom. The van der Waals surface area contributed by atoms with E-state index in [9.17, 15) is 0 Å². The van der Waals surface area contributed by atoms with Crippen LogP contribution in [0.2, 0.25) is 0 Å². The number of para-hydroxylation sites is 2. The lowest BCUT2D eigenvalue weighted by molar-refractivity contribution is 0.0503. The first-order chi connectivity index (χ1) is 16.3. The Balaban J connectivity index is 1.26. The molecule has 2 N–H and O–H groups in total. The Kier molecular flexibility index (Phi) is 4.38. The van der Waals surface area contributed by atoms with Gasteiger partial charge in [-0.25, -0.2) is 0 Å². The molecular weight excluding hydrogens is 404 g/mol. The van der Waals surface area contributed by atoms with Crippen molar-refractivity contribution < 1.29 is 0 Å². The molecule has 0 amide bonds. The fourth-order valence-corrected chi connectivity index (χ4v) is 6.73. The van der Waals surface area contributed by atoms with Gasteiger partial charge in [-0.3, -0.25) is 9.88 Å². The molecule has 3 unspecified atom stereocenters. The summed E-state index contributed by atoms with van der Waals surface area (Å²) in [5.41, 5.74) is 7.98. The highest BCUT2D eigenvalue weighted by atomic mass is 15.2. The zero-order valence-corrected chi connectivity index (χ0v) is 19.1. The number of benzene rings is 2. The Bertz CT molecular complexity index is 1480. The van der Waals surface area contributed by atoms with Gasteiger partial charge in [0.15, 0.2) is 0 Å². The number of nitrogens with one attached hydrogen (secondary N) is 2. The molecule has 2 aliphatic heterocycles. The number of aromatic amines is 2. The summed E-state index contributed by atoms with van der Waals surface area (Å²) in [5, 5.41) is 4.02. The average molecular weight is 435 g/mol. The fraction of sp³-hybridized carbons (Fsp3) is 0.345. The molecule has 1 fully saturated rings. The molecule has 3 aromatic heterocycles. The number of rotatable bonds is 3. The van der Waals surface area contributed by atoms with E-state index < -0.39 is 0 Å². The van der Waals surface area contributed by atoms with Crippen LogP contribution < -0.4 is 0 Å².